The lowest BCUT2D eigenvalue weighted by Crippen LogP contribution is -2.55. The van der Waals surface area contributed by atoms with Gasteiger partial charge in [-0.15, -0.1) is 0 Å². The number of benzene rings is 1. The van der Waals surface area contributed by atoms with Crippen molar-refractivity contribution in [2.45, 2.75) is 18.6 Å². The normalized spacial score (nSPS) is 26.0. The molecule has 26 heavy (non-hydrogen) atoms. The molecule has 0 bridgehead atoms. The maximum atomic E-state index is 12.7. The van der Waals surface area contributed by atoms with Crippen molar-refractivity contribution in [2.24, 2.45) is 0 Å². The number of methoxy groups -OCH3 is 2. The van der Waals surface area contributed by atoms with Gasteiger partial charge in [0.2, 0.25) is 0 Å². The Kier molecular flexibility index (Phi) is 5.02. The molecule has 0 saturated carbocycles. The van der Waals surface area contributed by atoms with Crippen molar-refractivity contribution in [3.63, 3.8) is 0 Å². The number of amides is 1. The van der Waals surface area contributed by atoms with E-state index in [9.17, 15) is 4.79 Å². The summed E-state index contributed by atoms with van der Waals surface area (Å²) < 4.78 is 22.2. The van der Waals surface area contributed by atoms with E-state index in [2.05, 4.69) is 17.0 Å². The minimum Gasteiger partial charge on any atom is -0.493 e. The highest BCUT2D eigenvalue weighted by molar-refractivity contribution is 5.81. The molecule has 2 fully saturated rings. The summed E-state index contributed by atoms with van der Waals surface area (Å²) in [5.74, 6) is 1.58. The average molecular weight is 362 g/mol. The van der Waals surface area contributed by atoms with Gasteiger partial charge < -0.3 is 23.8 Å². The Hall–Kier alpha value is -1.83. The number of ether oxygens (including phenoxy) is 4. The van der Waals surface area contributed by atoms with E-state index in [0.29, 0.717) is 39.5 Å². The summed E-state index contributed by atoms with van der Waals surface area (Å²) in [4.78, 5) is 17.0. The van der Waals surface area contributed by atoms with Crippen molar-refractivity contribution in [2.75, 3.05) is 60.2 Å². The number of rotatable bonds is 3. The van der Waals surface area contributed by atoms with Gasteiger partial charge in [-0.25, -0.2) is 0 Å². The van der Waals surface area contributed by atoms with Crippen LogP contribution in [0.1, 0.15) is 17.2 Å². The number of morpholine rings is 2. The first-order chi connectivity index (χ1) is 12.7. The number of nitrogens with zero attached hydrogens (tertiary/aromatic N) is 2. The number of hydrogen-bond acceptors (Lipinski definition) is 6. The first kappa shape index (κ1) is 17.6. The third-order valence-electron chi connectivity index (χ3n) is 5.57. The second-order valence-electron chi connectivity index (χ2n) is 6.93. The van der Waals surface area contributed by atoms with Gasteiger partial charge >= 0.3 is 0 Å². The standard InChI is InChI=1S/C19H26N2O5/c1-23-16-9-13-3-4-21-11-18(19(22)20-5-7-25-8-6-20)26-12-15(21)14(13)10-17(16)24-2/h9-10,15,18H,3-8,11-12H2,1-2H3/t15-,18-/m1/s1. The molecule has 0 aliphatic carbocycles. The Balaban J connectivity index is 1.50. The zero-order chi connectivity index (χ0) is 18.1. The van der Waals surface area contributed by atoms with Crippen LogP contribution >= 0.6 is 0 Å². The second-order valence-corrected chi connectivity index (χ2v) is 6.93. The van der Waals surface area contributed by atoms with Crippen LogP contribution in [0.25, 0.3) is 0 Å². The molecule has 3 heterocycles. The molecule has 4 rings (SSSR count). The molecule has 142 valence electrons. The molecule has 0 aromatic heterocycles. The van der Waals surface area contributed by atoms with Gasteiger partial charge in [0, 0.05) is 26.2 Å². The summed E-state index contributed by atoms with van der Waals surface area (Å²) in [5.41, 5.74) is 2.48. The highest BCUT2D eigenvalue weighted by Crippen LogP contribution is 2.39. The number of carbonyl (C=O) groups excluding carboxylic acids is 1. The molecule has 1 aromatic rings. The van der Waals surface area contributed by atoms with Crippen molar-refractivity contribution >= 4 is 5.91 Å². The molecule has 0 N–H and O–H groups in total. The van der Waals surface area contributed by atoms with E-state index in [0.717, 1.165) is 24.5 Å². The summed E-state index contributed by atoms with van der Waals surface area (Å²) in [6, 6.07) is 4.28. The molecular formula is C19H26N2O5. The van der Waals surface area contributed by atoms with Gasteiger partial charge in [0.05, 0.1) is 40.1 Å². The number of hydrogen-bond donors (Lipinski definition) is 0. The lowest BCUT2D eigenvalue weighted by atomic mass is 9.91. The van der Waals surface area contributed by atoms with Crippen molar-refractivity contribution in [3.8, 4) is 11.5 Å². The van der Waals surface area contributed by atoms with Gasteiger partial charge in [-0.2, -0.15) is 0 Å². The molecule has 0 unspecified atom stereocenters. The van der Waals surface area contributed by atoms with Gasteiger partial charge in [0.1, 0.15) is 6.10 Å². The fourth-order valence-corrected chi connectivity index (χ4v) is 4.10. The van der Waals surface area contributed by atoms with Crippen LogP contribution < -0.4 is 9.47 Å². The Morgan fingerprint density at radius 2 is 1.85 bits per heavy atom. The Labute approximate surface area is 153 Å². The molecule has 1 aromatic carbocycles. The van der Waals surface area contributed by atoms with Crippen LogP contribution in [0.5, 0.6) is 11.5 Å². The number of carbonyl (C=O) groups is 1. The van der Waals surface area contributed by atoms with E-state index < -0.39 is 0 Å². The van der Waals surface area contributed by atoms with Crippen LogP contribution in [0, 0.1) is 0 Å². The van der Waals surface area contributed by atoms with Crippen molar-refractivity contribution in [3.05, 3.63) is 23.3 Å². The van der Waals surface area contributed by atoms with Crippen LogP contribution in [0.2, 0.25) is 0 Å². The van der Waals surface area contributed by atoms with E-state index in [-0.39, 0.29) is 18.1 Å². The van der Waals surface area contributed by atoms with Gasteiger partial charge in [-0.05, 0) is 29.7 Å². The minimum atomic E-state index is -0.383. The number of fused-ring (bicyclic) bond motifs is 3. The average Bonchev–Trinajstić information content (AvgIpc) is 2.72. The maximum absolute atomic E-state index is 12.7. The predicted octanol–water partition coefficient (Wildman–Crippen LogP) is 0.861. The molecule has 7 nitrogen and oxygen atoms in total. The maximum Gasteiger partial charge on any atom is 0.253 e. The molecule has 2 atom stereocenters. The zero-order valence-electron chi connectivity index (χ0n) is 15.4. The third kappa shape index (κ3) is 3.15. The topological polar surface area (TPSA) is 60.5 Å². The first-order valence-electron chi connectivity index (χ1n) is 9.18. The molecule has 3 aliphatic rings. The fraction of sp³-hybridized carbons (Fsp3) is 0.632. The molecule has 7 heteroatoms. The van der Waals surface area contributed by atoms with E-state index >= 15 is 0 Å². The summed E-state index contributed by atoms with van der Waals surface area (Å²) in [7, 11) is 3.31. The molecular weight excluding hydrogens is 336 g/mol. The third-order valence-corrected chi connectivity index (χ3v) is 5.57. The molecule has 0 spiro atoms. The summed E-state index contributed by atoms with van der Waals surface area (Å²) in [6.45, 7) is 4.60. The van der Waals surface area contributed by atoms with Crippen LogP contribution in [0.4, 0.5) is 0 Å². The van der Waals surface area contributed by atoms with Crippen molar-refractivity contribution in [1.29, 1.82) is 0 Å². The van der Waals surface area contributed by atoms with E-state index in [1.54, 1.807) is 14.2 Å². The summed E-state index contributed by atoms with van der Waals surface area (Å²) in [5, 5.41) is 0. The SMILES string of the molecule is COc1cc2c(cc1OC)[C@H]1CO[C@@H](C(=O)N3CCOCC3)CN1CC2. The summed E-state index contributed by atoms with van der Waals surface area (Å²) in [6.07, 6.45) is 0.552. The zero-order valence-corrected chi connectivity index (χ0v) is 15.4. The fourth-order valence-electron chi connectivity index (χ4n) is 4.10. The van der Waals surface area contributed by atoms with E-state index in [1.807, 2.05) is 4.90 Å². The summed E-state index contributed by atoms with van der Waals surface area (Å²) >= 11 is 0. The lowest BCUT2D eigenvalue weighted by molar-refractivity contribution is -0.157. The second kappa shape index (κ2) is 7.42. The lowest BCUT2D eigenvalue weighted by Gasteiger charge is -2.44. The highest BCUT2D eigenvalue weighted by Gasteiger charge is 2.38. The molecule has 2 saturated heterocycles. The van der Waals surface area contributed by atoms with Crippen molar-refractivity contribution < 1.29 is 23.7 Å². The monoisotopic (exact) mass is 362 g/mol. The molecule has 0 radical (unpaired) electrons. The smallest absolute Gasteiger partial charge is 0.253 e. The highest BCUT2D eigenvalue weighted by atomic mass is 16.5. The van der Waals surface area contributed by atoms with Gasteiger partial charge in [-0.3, -0.25) is 9.69 Å². The molecule has 3 aliphatic heterocycles. The van der Waals surface area contributed by atoms with Crippen LogP contribution in [0.3, 0.4) is 0 Å². The first-order valence-corrected chi connectivity index (χ1v) is 9.18. The van der Waals surface area contributed by atoms with Crippen molar-refractivity contribution in [1.82, 2.24) is 9.80 Å². The largest absolute Gasteiger partial charge is 0.493 e. The van der Waals surface area contributed by atoms with E-state index in [4.69, 9.17) is 18.9 Å². The predicted molar refractivity (Wildman–Crippen MR) is 94.7 cm³/mol. The van der Waals surface area contributed by atoms with Crippen LogP contribution in [0.15, 0.2) is 12.1 Å². The quantitative estimate of drug-likeness (QED) is 0.795. The minimum absolute atomic E-state index is 0.0878. The van der Waals surface area contributed by atoms with Gasteiger partial charge in [0.15, 0.2) is 11.5 Å². The Morgan fingerprint density at radius 3 is 2.58 bits per heavy atom. The van der Waals surface area contributed by atoms with Gasteiger partial charge in [-0.1, -0.05) is 0 Å². The Bertz CT molecular complexity index is 674. The van der Waals surface area contributed by atoms with Gasteiger partial charge in [0.25, 0.3) is 5.91 Å². The Morgan fingerprint density at radius 1 is 1.12 bits per heavy atom. The van der Waals surface area contributed by atoms with E-state index in [1.165, 1.54) is 11.1 Å². The molecule has 1 amide bonds. The van der Waals surface area contributed by atoms with Crippen LogP contribution in [-0.2, 0) is 20.7 Å². The van der Waals surface area contributed by atoms with Crippen LogP contribution in [-0.4, -0.2) is 82.0 Å².